The van der Waals surface area contributed by atoms with E-state index in [0.717, 1.165) is 5.57 Å². The standard InChI is InChI=1S/C21H36O10/c1-5-21(4,8-6-7-11(2)3)31-20-18(27)16(25)15(24)13(30-20)10-28-19-17(26)14(23)12(9-22)29-19/h5,7,12-20,22-27H,1,6,8-10H2,2-4H3. The van der Waals surface area contributed by atoms with E-state index in [0.29, 0.717) is 12.8 Å². The summed E-state index contributed by atoms with van der Waals surface area (Å²) < 4.78 is 22.2. The highest BCUT2D eigenvalue weighted by atomic mass is 16.7. The van der Waals surface area contributed by atoms with E-state index >= 15 is 0 Å². The Balaban J connectivity index is 2.01. The molecule has 0 radical (unpaired) electrons. The average Bonchev–Trinajstić information content (AvgIpc) is 3.00. The van der Waals surface area contributed by atoms with Crippen LogP contribution in [0.25, 0.3) is 0 Å². The predicted molar refractivity (Wildman–Crippen MR) is 109 cm³/mol. The molecule has 0 aromatic rings. The molecule has 10 unspecified atom stereocenters. The molecule has 0 amide bonds. The fraction of sp³-hybridized carbons (Fsp3) is 0.810. The van der Waals surface area contributed by atoms with Crippen LogP contribution in [0.3, 0.4) is 0 Å². The van der Waals surface area contributed by atoms with Crippen LogP contribution in [0.5, 0.6) is 0 Å². The summed E-state index contributed by atoms with van der Waals surface area (Å²) >= 11 is 0. The molecule has 10 atom stereocenters. The first-order valence-electron chi connectivity index (χ1n) is 10.4. The number of rotatable bonds is 10. The SMILES string of the molecule is C=CC(C)(CCC=C(C)C)OC1OC(COC2OC(CO)C(O)C2O)C(O)C(O)C1O. The van der Waals surface area contributed by atoms with Gasteiger partial charge in [-0.15, -0.1) is 6.58 Å². The molecular formula is C21H36O10. The molecule has 180 valence electrons. The van der Waals surface area contributed by atoms with Gasteiger partial charge in [-0.3, -0.25) is 0 Å². The Morgan fingerprint density at radius 3 is 2.06 bits per heavy atom. The number of aliphatic hydroxyl groups excluding tert-OH is 6. The number of hydrogen-bond donors (Lipinski definition) is 6. The number of aliphatic hydroxyl groups is 6. The maximum atomic E-state index is 10.3. The Hall–Kier alpha value is -0.920. The second kappa shape index (κ2) is 11.3. The van der Waals surface area contributed by atoms with Crippen LogP contribution in [0.4, 0.5) is 0 Å². The zero-order chi connectivity index (χ0) is 23.3. The van der Waals surface area contributed by atoms with Gasteiger partial charge in [0.2, 0.25) is 0 Å². The Labute approximate surface area is 182 Å². The summed E-state index contributed by atoms with van der Waals surface area (Å²) in [6, 6.07) is 0. The summed E-state index contributed by atoms with van der Waals surface area (Å²) in [6.07, 6.45) is -7.06. The lowest BCUT2D eigenvalue weighted by Crippen LogP contribution is -2.60. The molecule has 0 aromatic carbocycles. The smallest absolute Gasteiger partial charge is 0.187 e. The van der Waals surface area contributed by atoms with Gasteiger partial charge in [-0.1, -0.05) is 17.7 Å². The van der Waals surface area contributed by atoms with E-state index < -0.39 is 67.5 Å². The molecule has 10 heteroatoms. The van der Waals surface area contributed by atoms with E-state index in [2.05, 4.69) is 6.58 Å². The molecule has 2 aliphatic rings. The Morgan fingerprint density at radius 2 is 1.52 bits per heavy atom. The Bertz CT molecular complexity index is 609. The Morgan fingerprint density at radius 1 is 0.935 bits per heavy atom. The van der Waals surface area contributed by atoms with Crippen LogP contribution in [0.15, 0.2) is 24.3 Å². The van der Waals surface area contributed by atoms with Crippen LogP contribution < -0.4 is 0 Å². The van der Waals surface area contributed by atoms with Crippen LogP contribution in [0.1, 0.15) is 33.6 Å². The van der Waals surface area contributed by atoms with E-state index in [1.54, 1.807) is 13.0 Å². The maximum absolute atomic E-state index is 10.3. The lowest BCUT2D eigenvalue weighted by Gasteiger charge is -2.43. The molecule has 2 heterocycles. The van der Waals surface area contributed by atoms with Crippen molar-refractivity contribution in [3.05, 3.63) is 24.3 Å². The minimum Gasteiger partial charge on any atom is -0.394 e. The summed E-state index contributed by atoms with van der Waals surface area (Å²) in [6.45, 7) is 8.68. The fourth-order valence-corrected chi connectivity index (χ4v) is 3.47. The van der Waals surface area contributed by atoms with Gasteiger partial charge < -0.3 is 49.6 Å². The van der Waals surface area contributed by atoms with Crippen LogP contribution in [-0.2, 0) is 18.9 Å². The van der Waals surface area contributed by atoms with Gasteiger partial charge in [0, 0.05) is 0 Å². The molecule has 0 aromatic heterocycles. The van der Waals surface area contributed by atoms with Crippen molar-refractivity contribution < 1.29 is 49.6 Å². The van der Waals surface area contributed by atoms with Gasteiger partial charge in [0.05, 0.1) is 18.8 Å². The highest BCUT2D eigenvalue weighted by Crippen LogP contribution is 2.30. The topological polar surface area (TPSA) is 158 Å². The third kappa shape index (κ3) is 6.55. The molecule has 2 saturated heterocycles. The zero-order valence-corrected chi connectivity index (χ0v) is 18.2. The predicted octanol–water partition coefficient (Wildman–Crippen LogP) is -1.04. The highest BCUT2D eigenvalue weighted by Gasteiger charge is 2.48. The van der Waals surface area contributed by atoms with Gasteiger partial charge in [0.25, 0.3) is 0 Å². The normalized spacial score (nSPS) is 40.4. The van der Waals surface area contributed by atoms with Crippen LogP contribution in [0.2, 0.25) is 0 Å². The van der Waals surface area contributed by atoms with Crippen molar-refractivity contribution in [2.24, 2.45) is 0 Å². The minimum atomic E-state index is -1.57. The Kier molecular flexibility index (Phi) is 9.58. The summed E-state index contributed by atoms with van der Waals surface area (Å²) in [5.74, 6) is 0. The van der Waals surface area contributed by atoms with Crippen LogP contribution in [0, 0.1) is 0 Å². The summed E-state index contributed by atoms with van der Waals surface area (Å²) in [7, 11) is 0. The van der Waals surface area contributed by atoms with Gasteiger partial charge in [-0.25, -0.2) is 0 Å². The molecule has 0 saturated carbocycles. The first-order valence-corrected chi connectivity index (χ1v) is 10.4. The lowest BCUT2D eigenvalue weighted by molar-refractivity contribution is -0.326. The minimum absolute atomic E-state index is 0.333. The van der Waals surface area contributed by atoms with Crippen molar-refractivity contribution in [3.8, 4) is 0 Å². The average molecular weight is 449 g/mol. The van der Waals surface area contributed by atoms with Crippen molar-refractivity contribution in [3.63, 3.8) is 0 Å². The third-order valence-electron chi connectivity index (χ3n) is 5.60. The fourth-order valence-electron chi connectivity index (χ4n) is 3.47. The molecule has 0 spiro atoms. The van der Waals surface area contributed by atoms with Gasteiger partial charge >= 0.3 is 0 Å². The number of allylic oxidation sites excluding steroid dienone is 2. The lowest BCUT2D eigenvalue weighted by atomic mass is 9.96. The molecule has 31 heavy (non-hydrogen) atoms. The van der Waals surface area contributed by atoms with Gasteiger partial charge in [0.15, 0.2) is 12.6 Å². The van der Waals surface area contributed by atoms with Crippen molar-refractivity contribution in [2.75, 3.05) is 13.2 Å². The van der Waals surface area contributed by atoms with Gasteiger partial charge in [0.1, 0.15) is 42.7 Å². The van der Waals surface area contributed by atoms with Gasteiger partial charge in [-0.2, -0.15) is 0 Å². The quantitative estimate of drug-likeness (QED) is 0.228. The van der Waals surface area contributed by atoms with E-state index in [4.69, 9.17) is 24.1 Å². The van der Waals surface area contributed by atoms with Gasteiger partial charge in [-0.05, 0) is 33.6 Å². The summed E-state index contributed by atoms with van der Waals surface area (Å²) in [4.78, 5) is 0. The van der Waals surface area contributed by atoms with Crippen molar-refractivity contribution in [1.82, 2.24) is 0 Å². The number of ether oxygens (including phenoxy) is 4. The zero-order valence-electron chi connectivity index (χ0n) is 18.2. The largest absolute Gasteiger partial charge is 0.394 e. The van der Waals surface area contributed by atoms with Crippen LogP contribution >= 0.6 is 0 Å². The van der Waals surface area contributed by atoms with E-state index in [1.807, 2.05) is 19.9 Å². The van der Waals surface area contributed by atoms with Crippen molar-refractivity contribution in [1.29, 1.82) is 0 Å². The van der Waals surface area contributed by atoms with E-state index in [9.17, 15) is 25.5 Å². The second-order valence-corrected chi connectivity index (χ2v) is 8.51. The molecule has 0 aliphatic carbocycles. The maximum Gasteiger partial charge on any atom is 0.187 e. The molecule has 6 N–H and O–H groups in total. The van der Waals surface area contributed by atoms with Crippen molar-refractivity contribution in [2.45, 2.75) is 94.5 Å². The van der Waals surface area contributed by atoms with E-state index in [-0.39, 0.29) is 6.61 Å². The molecule has 10 nitrogen and oxygen atoms in total. The van der Waals surface area contributed by atoms with Crippen LogP contribution in [-0.4, -0.2) is 105 Å². The van der Waals surface area contributed by atoms with E-state index in [1.165, 1.54) is 0 Å². The molecule has 2 fully saturated rings. The first-order chi connectivity index (χ1) is 14.5. The molecular weight excluding hydrogens is 412 g/mol. The second-order valence-electron chi connectivity index (χ2n) is 8.51. The molecule has 2 aliphatic heterocycles. The third-order valence-corrected chi connectivity index (χ3v) is 5.60. The first kappa shape index (κ1) is 26.3. The molecule has 0 bridgehead atoms. The molecule has 2 rings (SSSR count). The summed E-state index contributed by atoms with van der Waals surface area (Å²) in [5, 5.41) is 59.8. The summed E-state index contributed by atoms with van der Waals surface area (Å²) in [5.41, 5.74) is 0.287. The van der Waals surface area contributed by atoms with Crippen molar-refractivity contribution >= 4 is 0 Å². The monoisotopic (exact) mass is 448 g/mol. The highest BCUT2D eigenvalue weighted by molar-refractivity contribution is 5.00. The number of hydrogen-bond acceptors (Lipinski definition) is 10.